The van der Waals surface area contributed by atoms with Gasteiger partial charge in [-0.15, -0.1) is 0 Å². The summed E-state index contributed by atoms with van der Waals surface area (Å²) in [7, 11) is 0. The number of carboxylic acid groups (broad SMARTS) is 1. The van der Waals surface area contributed by atoms with Crippen molar-refractivity contribution in [2.45, 2.75) is 63.6 Å². The zero-order valence-electron chi connectivity index (χ0n) is 20.2. The molecule has 0 bridgehead atoms. The van der Waals surface area contributed by atoms with E-state index in [4.69, 9.17) is 9.47 Å². The van der Waals surface area contributed by atoms with Crippen LogP contribution >= 0.6 is 0 Å². The maximum atomic E-state index is 12.8. The summed E-state index contributed by atoms with van der Waals surface area (Å²) in [6, 6.07) is 15.1. The van der Waals surface area contributed by atoms with Gasteiger partial charge in [-0.25, -0.2) is 9.59 Å². The molecule has 2 aliphatic rings. The third-order valence-corrected chi connectivity index (χ3v) is 6.55. The molecule has 0 unspecified atom stereocenters. The van der Waals surface area contributed by atoms with E-state index < -0.39 is 41.8 Å². The molecule has 0 aromatic heterocycles. The Labute approximate surface area is 205 Å². The van der Waals surface area contributed by atoms with Gasteiger partial charge in [0.25, 0.3) is 0 Å². The number of carbonyl (C=O) groups is 3. The zero-order chi connectivity index (χ0) is 25.2. The van der Waals surface area contributed by atoms with Crippen LogP contribution in [0.2, 0.25) is 0 Å². The fraction of sp³-hybridized carbons (Fsp3) is 0.444. The number of rotatable bonds is 5. The van der Waals surface area contributed by atoms with Crippen molar-refractivity contribution in [1.29, 1.82) is 0 Å². The van der Waals surface area contributed by atoms with Gasteiger partial charge in [0.05, 0.1) is 18.0 Å². The Morgan fingerprint density at radius 1 is 0.886 bits per heavy atom. The number of fused-ring (bicyclic) bond motifs is 3. The van der Waals surface area contributed by atoms with Crippen LogP contribution in [-0.2, 0) is 14.3 Å². The second-order valence-electron chi connectivity index (χ2n) is 10.2. The molecule has 2 aromatic rings. The molecule has 2 aromatic carbocycles. The van der Waals surface area contributed by atoms with Gasteiger partial charge in [-0.05, 0) is 62.3 Å². The Kier molecular flexibility index (Phi) is 7.00. The first kappa shape index (κ1) is 24.6. The van der Waals surface area contributed by atoms with Gasteiger partial charge >= 0.3 is 18.2 Å². The Bertz CT molecular complexity index is 1060. The first-order valence-electron chi connectivity index (χ1n) is 12.0. The number of amides is 2. The third-order valence-electron chi connectivity index (χ3n) is 6.55. The molecule has 0 heterocycles. The van der Waals surface area contributed by atoms with E-state index in [0.29, 0.717) is 12.8 Å². The average molecular weight is 481 g/mol. The van der Waals surface area contributed by atoms with Crippen LogP contribution < -0.4 is 10.6 Å². The molecule has 1 saturated carbocycles. The molecule has 3 N–H and O–H groups in total. The number of carbonyl (C=O) groups excluding carboxylic acids is 2. The van der Waals surface area contributed by atoms with Crippen molar-refractivity contribution >= 4 is 18.2 Å². The van der Waals surface area contributed by atoms with Crippen molar-refractivity contribution in [3.63, 3.8) is 0 Å². The highest BCUT2D eigenvalue weighted by Crippen LogP contribution is 2.44. The van der Waals surface area contributed by atoms with Gasteiger partial charge in [0.2, 0.25) is 0 Å². The quantitative estimate of drug-likeness (QED) is 0.573. The lowest BCUT2D eigenvalue weighted by molar-refractivity contribution is -0.143. The van der Waals surface area contributed by atoms with Gasteiger partial charge in [0.15, 0.2) is 0 Å². The van der Waals surface area contributed by atoms with Crippen LogP contribution in [0.1, 0.15) is 57.1 Å². The number of aliphatic carboxylic acids is 1. The SMILES string of the molecule is CC(C)(C)OC(=O)N[C@@H]1C[C@@H](C(=O)O)CC[C@H]1NC(=O)OCC1c2ccccc2-c2ccccc21. The summed E-state index contributed by atoms with van der Waals surface area (Å²) < 4.78 is 11.0. The normalized spacial score (nSPS) is 21.4. The molecule has 2 aliphatic carbocycles. The number of alkyl carbamates (subject to hydrolysis) is 2. The van der Waals surface area contributed by atoms with E-state index in [1.807, 2.05) is 24.3 Å². The number of nitrogens with one attached hydrogen (secondary N) is 2. The first-order chi connectivity index (χ1) is 16.6. The summed E-state index contributed by atoms with van der Waals surface area (Å²) in [5.74, 6) is -1.58. The van der Waals surface area contributed by atoms with E-state index in [9.17, 15) is 19.5 Å². The molecule has 186 valence electrons. The van der Waals surface area contributed by atoms with Gasteiger partial charge in [0, 0.05) is 5.92 Å². The fourth-order valence-corrected chi connectivity index (χ4v) is 4.98. The lowest BCUT2D eigenvalue weighted by Gasteiger charge is -2.35. The van der Waals surface area contributed by atoms with E-state index in [2.05, 4.69) is 34.9 Å². The van der Waals surface area contributed by atoms with Crippen LogP contribution in [0.25, 0.3) is 11.1 Å². The average Bonchev–Trinajstić information content (AvgIpc) is 3.11. The van der Waals surface area contributed by atoms with Crippen LogP contribution in [0, 0.1) is 5.92 Å². The minimum absolute atomic E-state index is 0.0634. The third kappa shape index (κ3) is 5.75. The van der Waals surface area contributed by atoms with E-state index in [1.165, 1.54) is 0 Å². The predicted molar refractivity (Wildman–Crippen MR) is 130 cm³/mol. The van der Waals surface area contributed by atoms with Crippen LogP contribution in [0.15, 0.2) is 48.5 Å². The largest absolute Gasteiger partial charge is 0.481 e. The van der Waals surface area contributed by atoms with Crippen molar-refractivity contribution in [1.82, 2.24) is 10.6 Å². The van der Waals surface area contributed by atoms with E-state index in [0.717, 1.165) is 22.3 Å². The second kappa shape index (κ2) is 9.98. The lowest BCUT2D eigenvalue weighted by Crippen LogP contribution is -2.56. The summed E-state index contributed by atoms with van der Waals surface area (Å²) in [5.41, 5.74) is 3.83. The molecule has 4 rings (SSSR count). The molecule has 8 nitrogen and oxygen atoms in total. The Morgan fingerprint density at radius 2 is 1.46 bits per heavy atom. The van der Waals surface area contributed by atoms with Crippen molar-refractivity contribution in [2.24, 2.45) is 5.92 Å². The molecular formula is C27H32N2O6. The minimum atomic E-state index is -0.916. The van der Waals surface area contributed by atoms with E-state index in [-0.39, 0.29) is 18.9 Å². The van der Waals surface area contributed by atoms with Crippen molar-refractivity contribution < 1.29 is 29.0 Å². The smallest absolute Gasteiger partial charge is 0.407 e. The molecule has 0 spiro atoms. The maximum absolute atomic E-state index is 12.8. The van der Waals surface area contributed by atoms with Gasteiger partial charge < -0.3 is 25.2 Å². The molecular weight excluding hydrogens is 448 g/mol. The van der Waals surface area contributed by atoms with Gasteiger partial charge in [-0.1, -0.05) is 48.5 Å². The summed E-state index contributed by atoms with van der Waals surface area (Å²) >= 11 is 0. The predicted octanol–water partition coefficient (Wildman–Crippen LogP) is 4.67. The molecule has 35 heavy (non-hydrogen) atoms. The van der Waals surface area contributed by atoms with E-state index in [1.54, 1.807) is 20.8 Å². The molecule has 1 fully saturated rings. The Hall–Kier alpha value is -3.55. The molecule has 0 saturated heterocycles. The maximum Gasteiger partial charge on any atom is 0.407 e. The number of benzene rings is 2. The van der Waals surface area contributed by atoms with Crippen LogP contribution in [-0.4, -0.2) is 47.6 Å². The standard InChI is InChI=1S/C27H32N2O6/c1-27(2,3)35-26(33)29-23-14-16(24(30)31)12-13-22(23)28-25(32)34-15-21-19-10-6-4-8-17(19)18-9-5-7-11-20(18)21/h4-11,16,21-23H,12-15H2,1-3H3,(H,28,32)(H,29,33)(H,30,31)/t16-,22+,23+/m0/s1. The highest BCUT2D eigenvalue weighted by molar-refractivity contribution is 5.79. The molecule has 2 amide bonds. The zero-order valence-corrected chi connectivity index (χ0v) is 20.2. The second-order valence-corrected chi connectivity index (χ2v) is 10.2. The Balaban J connectivity index is 1.40. The van der Waals surface area contributed by atoms with E-state index >= 15 is 0 Å². The monoisotopic (exact) mass is 480 g/mol. The number of carboxylic acids is 1. The minimum Gasteiger partial charge on any atom is -0.481 e. The summed E-state index contributed by atoms with van der Waals surface area (Å²) in [5, 5.41) is 15.0. The molecule has 0 aliphatic heterocycles. The molecule has 0 radical (unpaired) electrons. The number of hydrogen-bond acceptors (Lipinski definition) is 5. The van der Waals surface area contributed by atoms with Crippen molar-refractivity contribution in [2.75, 3.05) is 6.61 Å². The first-order valence-corrected chi connectivity index (χ1v) is 12.0. The van der Waals surface area contributed by atoms with Crippen LogP contribution in [0.4, 0.5) is 9.59 Å². The van der Waals surface area contributed by atoms with Crippen molar-refractivity contribution in [3.05, 3.63) is 59.7 Å². The van der Waals surface area contributed by atoms with Crippen LogP contribution in [0.3, 0.4) is 0 Å². The van der Waals surface area contributed by atoms with Crippen molar-refractivity contribution in [3.8, 4) is 11.1 Å². The van der Waals surface area contributed by atoms with Gasteiger partial charge in [0.1, 0.15) is 12.2 Å². The lowest BCUT2D eigenvalue weighted by atomic mass is 9.82. The van der Waals surface area contributed by atoms with Gasteiger partial charge in [-0.2, -0.15) is 0 Å². The highest BCUT2D eigenvalue weighted by atomic mass is 16.6. The van der Waals surface area contributed by atoms with Gasteiger partial charge in [-0.3, -0.25) is 4.79 Å². The fourth-order valence-electron chi connectivity index (χ4n) is 4.98. The molecule has 3 atom stereocenters. The number of ether oxygens (including phenoxy) is 2. The summed E-state index contributed by atoms with van der Waals surface area (Å²) in [4.78, 5) is 36.7. The summed E-state index contributed by atoms with van der Waals surface area (Å²) in [6.45, 7) is 5.42. The Morgan fingerprint density at radius 3 is 2.03 bits per heavy atom. The number of hydrogen-bond donors (Lipinski definition) is 3. The summed E-state index contributed by atoms with van der Waals surface area (Å²) in [6.07, 6.45) is -0.241. The highest BCUT2D eigenvalue weighted by Gasteiger charge is 2.37. The van der Waals surface area contributed by atoms with Crippen LogP contribution in [0.5, 0.6) is 0 Å². The topological polar surface area (TPSA) is 114 Å². The molecule has 8 heteroatoms.